The van der Waals surface area contributed by atoms with Crippen LogP contribution in [0, 0.1) is 13.8 Å². The summed E-state index contributed by atoms with van der Waals surface area (Å²) in [5, 5.41) is 1.25. The van der Waals surface area contributed by atoms with E-state index in [2.05, 4.69) is 56.9 Å². The van der Waals surface area contributed by atoms with Gasteiger partial charge in [0.1, 0.15) is 0 Å². The average Bonchev–Trinajstić information content (AvgIpc) is 3.18. The molecule has 0 saturated carbocycles. The lowest BCUT2D eigenvalue weighted by molar-refractivity contribution is -0.118. The Labute approximate surface area is 197 Å². The van der Waals surface area contributed by atoms with Crippen molar-refractivity contribution in [2.24, 2.45) is 0 Å². The zero-order valence-corrected chi connectivity index (χ0v) is 20.5. The Bertz CT molecular complexity index is 1220. The molecular weight excluding hydrogens is 434 g/mol. The summed E-state index contributed by atoms with van der Waals surface area (Å²) in [7, 11) is 0. The molecule has 1 amide bonds. The summed E-state index contributed by atoms with van der Waals surface area (Å²) in [6.45, 7) is 8.93. The van der Waals surface area contributed by atoms with Crippen molar-refractivity contribution in [1.29, 1.82) is 0 Å². The molecule has 6 heteroatoms. The molecule has 164 valence electrons. The van der Waals surface area contributed by atoms with Crippen molar-refractivity contribution in [2.45, 2.75) is 50.8 Å². The second kappa shape index (κ2) is 9.84. The smallest absolute Gasteiger partial charge is 0.233 e. The molecule has 0 saturated heterocycles. The van der Waals surface area contributed by atoms with Crippen LogP contribution in [0.4, 0.5) is 5.13 Å². The number of rotatable bonds is 7. The van der Waals surface area contributed by atoms with Crippen molar-refractivity contribution in [1.82, 2.24) is 9.97 Å². The minimum Gasteiger partial charge on any atom is -0.282 e. The van der Waals surface area contributed by atoms with Gasteiger partial charge in [0.05, 0.1) is 28.9 Å². The number of carbonyl (C=O) groups excluding carboxylic acids is 1. The van der Waals surface area contributed by atoms with Crippen LogP contribution in [-0.2, 0) is 17.8 Å². The van der Waals surface area contributed by atoms with Crippen LogP contribution in [0.15, 0.2) is 65.7 Å². The predicted octanol–water partition coefficient (Wildman–Crippen LogP) is 6.58. The van der Waals surface area contributed by atoms with E-state index in [4.69, 9.17) is 4.98 Å². The van der Waals surface area contributed by atoms with Gasteiger partial charge in [0.15, 0.2) is 5.13 Å². The number of hydrogen-bond donors (Lipinski definition) is 0. The van der Waals surface area contributed by atoms with Crippen molar-refractivity contribution in [2.75, 3.05) is 4.90 Å². The monoisotopic (exact) mass is 461 g/mol. The largest absolute Gasteiger partial charge is 0.282 e. The molecule has 32 heavy (non-hydrogen) atoms. The molecule has 0 bridgehead atoms. The molecule has 2 heterocycles. The van der Waals surface area contributed by atoms with Gasteiger partial charge in [-0.15, -0.1) is 11.8 Å². The first-order chi connectivity index (χ1) is 15.4. The maximum absolute atomic E-state index is 13.5. The topological polar surface area (TPSA) is 46.1 Å². The van der Waals surface area contributed by atoms with E-state index in [1.807, 2.05) is 42.1 Å². The highest BCUT2D eigenvalue weighted by Gasteiger charge is 2.21. The minimum atomic E-state index is 0.0216. The zero-order chi connectivity index (χ0) is 22.7. The number of benzene rings is 2. The Morgan fingerprint density at radius 1 is 1.09 bits per heavy atom. The van der Waals surface area contributed by atoms with Crippen molar-refractivity contribution in [3.05, 3.63) is 83.2 Å². The number of aryl methyl sites for hydroxylation is 2. The maximum atomic E-state index is 13.5. The first kappa shape index (κ1) is 22.5. The third kappa shape index (κ3) is 5.37. The van der Waals surface area contributed by atoms with Crippen molar-refractivity contribution < 1.29 is 4.79 Å². The molecule has 0 unspecified atom stereocenters. The number of hydrogen-bond acceptors (Lipinski definition) is 5. The highest BCUT2D eigenvalue weighted by atomic mass is 32.2. The number of thioether (sulfide) groups is 1. The molecule has 0 spiro atoms. The van der Waals surface area contributed by atoms with Gasteiger partial charge < -0.3 is 0 Å². The van der Waals surface area contributed by atoms with Gasteiger partial charge in [-0.3, -0.25) is 14.7 Å². The molecule has 2 aromatic carbocycles. The molecule has 4 nitrogen and oxygen atoms in total. The van der Waals surface area contributed by atoms with E-state index in [0.29, 0.717) is 18.2 Å². The van der Waals surface area contributed by atoms with Gasteiger partial charge in [-0.05, 0) is 60.9 Å². The molecule has 0 aliphatic heterocycles. The van der Waals surface area contributed by atoms with Gasteiger partial charge in [0, 0.05) is 16.3 Å². The van der Waals surface area contributed by atoms with Gasteiger partial charge >= 0.3 is 0 Å². The first-order valence-corrected chi connectivity index (χ1v) is 12.4. The summed E-state index contributed by atoms with van der Waals surface area (Å²) < 4.78 is 1.12. The number of aromatic nitrogens is 2. The molecule has 4 rings (SSSR count). The van der Waals surface area contributed by atoms with E-state index >= 15 is 0 Å². The second-order valence-electron chi connectivity index (χ2n) is 8.21. The molecule has 2 aromatic heterocycles. The fourth-order valence-electron chi connectivity index (χ4n) is 3.62. The summed E-state index contributed by atoms with van der Waals surface area (Å²) >= 11 is 3.39. The predicted molar refractivity (Wildman–Crippen MR) is 136 cm³/mol. The molecule has 4 aromatic rings. The van der Waals surface area contributed by atoms with E-state index in [-0.39, 0.29) is 5.91 Å². The Hall–Kier alpha value is -2.70. The van der Waals surface area contributed by atoms with E-state index in [9.17, 15) is 4.79 Å². The number of thiazole rings is 1. The van der Waals surface area contributed by atoms with Crippen LogP contribution in [0.2, 0.25) is 0 Å². The quantitative estimate of drug-likeness (QED) is 0.292. The van der Waals surface area contributed by atoms with Gasteiger partial charge in [-0.25, -0.2) is 4.98 Å². The van der Waals surface area contributed by atoms with E-state index in [1.165, 1.54) is 16.0 Å². The van der Waals surface area contributed by atoms with Crippen LogP contribution in [-0.4, -0.2) is 21.1 Å². The Morgan fingerprint density at radius 3 is 2.56 bits per heavy atom. The maximum Gasteiger partial charge on any atom is 0.233 e. The van der Waals surface area contributed by atoms with Crippen molar-refractivity contribution in [3.8, 4) is 0 Å². The third-order valence-corrected chi connectivity index (χ3v) is 7.28. The number of pyridine rings is 1. The summed E-state index contributed by atoms with van der Waals surface area (Å²) in [4.78, 5) is 25.7. The lowest BCUT2D eigenvalue weighted by Gasteiger charge is -2.19. The Morgan fingerprint density at radius 2 is 1.88 bits per heavy atom. The molecule has 0 atom stereocenters. The number of amides is 1. The van der Waals surface area contributed by atoms with E-state index in [1.54, 1.807) is 22.4 Å². The Balaban J connectivity index is 1.63. The van der Waals surface area contributed by atoms with E-state index < -0.39 is 0 Å². The van der Waals surface area contributed by atoms with Gasteiger partial charge in [0.2, 0.25) is 5.91 Å². The fourth-order valence-corrected chi connectivity index (χ4v) is 5.49. The summed E-state index contributed by atoms with van der Waals surface area (Å²) in [6, 6.07) is 18.3. The van der Waals surface area contributed by atoms with Gasteiger partial charge in [0.25, 0.3) is 0 Å². The second-order valence-corrected chi connectivity index (χ2v) is 10.8. The van der Waals surface area contributed by atoms with Gasteiger partial charge in [-0.2, -0.15) is 0 Å². The number of fused-ring (bicyclic) bond motifs is 1. The molecule has 0 aliphatic rings. The molecular formula is C26H27N3OS2. The number of carbonyl (C=O) groups is 1. The van der Waals surface area contributed by atoms with E-state index in [0.717, 1.165) is 26.6 Å². The molecule has 0 radical (unpaired) electrons. The van der Waals surface area contributed by atoms with Crippen molar-refractivity contribution >= 4 is 44.4 Å². The standard InChI is InChI=1S/C26H27N3OS2/c1-17(2)31-22-10-8-20(9-11-22)15-24(30)29(16-21-7-5-6-12-27-21)26-28-23-14-18(3)13-19(4)25(23)32-26/h5-14,17H,15-16H2,1-4H3. The van der Waals surface area contributed by atoms with Crippen LogP contribution in [0.25, 0.3) is 10.2 Å². The number of nitrogens with zero attached hydrogens (tertiary/aromatic N) is 3. The summed E-state index contributed by atoms with van der Waals surface area (Å²) in [6.07, 6.45) is 2.09. The average molecular weight is 462 g/mol. The SMILES string of the molecule is Cc1cc(C)c2sc(N(Cc3ccccn3)C(=O)Cc3ccc(SC(C)C)cc3)nc2c1. The minimum absolute atomic E-state index is 0.0216. The van der Waals surface area contributed by atoms with Crippen LogP contribution < -0.4 is 4.90 Å². The number of anilines is 1. The Kier molecular flexibility index (Phi) is 6.92. The van der Waals surface area contributed by atoms with Crippen LogP contribution in [0.3, 0.4) is 0 Å². The lowest BCUT2D eigenvalue weighted by atomic mass is 10.1. The summed E-state index contributed by atoms with van der Waals surface area (Å²) in [5.41, 5.74) is 5.15. The normalized spacial score (nSPS) is 11.3. The first-order valence-electron chi connectivity index (χ1n) is 10.7. The highest BCUT2D eigenvalue weighted by Crippen LogP contribution is 2.33. The third-order valence-electron chi connectivity index (χ3n) is 5.04. The molecule has 0 N–H and O–H groups in total. The fraction of sp³-hybridized carbons (Fsp3) is 0.269. The highest BCUT2D eigenvalue weighted by molar-refractivity contribution is 7.99. The van der Waals surface area contributed by atoms with Gasteiger partial charge in [-0.1, -0.05) is 49.4 Å². The lowest BCUT2D eigenvalue weighted by Crippen LogP contribution is -2.32. The van der Waals surface area contributed by atoms with Crippen LogP contribution >= 0.6 is 23.1 Å². The van der Waals surface area contributed by atoms with Crippen molar-refractivity contribution in [3.63, 3.8) is 0 Å². The molecule has 0 fully saturated rings. The molecule has 0 aliphatic carbocycles. The summed E-state index contributed by atoms with van der Waals surface area (Å²) in [5.74, 6) is 0.0216. The van der Waals surface area contributed by atoms with Crippen LogP contribution in [0.5, 0.6) is 0 Å². The van der Waals surface area contributed by atoms with Crippen LogP contribution in [0.1, 0.15) is 36.2 Å². The zero-order valence-electron chi connectivity index (χ0n) is 18.8.